The Hall–Kier alpha value is -1.88. The Balaban J connectivity index is 1.45. The molecule has 2 heterocycles. The summed E-state index contributed by atoms with van der Waals surface area (Å²) in [5.41, 5.74) is 1.70. The number of hydrogen-bond donors (Lipinski definition) is 2. The van der Waals surface area contributed by atoms with E-state index in [1.807, 2.05) is 24.3 Å². The van der Waals surface area contributed by atoms with Crippen LogP contribution in [0.25, 0.3) is 0 Å². The normalized spacial score (nSPS) is 28.1. The van der Waals surface area contributed by atoms with Crippen molar-refractivity contribution in [3.8, 4) is 0 Å². The molecule has 2 unspecified atom stereocenters. The molecule has 5 heteroatoms. The topological polar surface area (TPSA) is 61.4 Å². The zero-order valence-corrected chi connectivity index (χ0v) is 12.5. The number of benzene rings is 1. The summed E-state index contributed by atoms with van der Waals surface area (Å²) in [7, 11) is 0. The molecule has 2 aliphatic heterocycles. The van der Waals surface area contributed by atoms with Gasteiger partial charge in [0.05, 0.1) is 5.92 Å². The predicted molar refractivity (Wildman–Crippen MR) is 83.6 cm³/mol. The number of para-hydroxylation sites is 1. The zero-order valence-electron chi connectivity index (χ0n) is 12.5. The van der Waals surface area contributed by atoms with Gasteiger partial charge in [0.2, 0.25) is 11.8 Å². The summed E-state index contributed by atoms with van der Waals surface area (Å²) in [6.07, 6.45) is 3.86. The number of nitrogens with zero attached hydrogens (tertiary/aromatic N) is 1. The average Bonchev–Trinajstić information content (AvgIpc) is 3.26. The van der Waals surface area contributed by atoms with E-state index in [0.29, 0.717) is 0 Å². The maximum Gasteiger partial charge on any atom is 0.228 e. The van der Waals surface area contributed by atoms with Crippen LogP contribution in [0, 0.1) is 0 Å². The molecule has 1 saturated carbocycles. The third-order valence-corrected chi connectivity index (χ3v) is 4.95. The average molecular weight is 299 g/mol. The van der Waals surface area contributed by atoms with Crippen LogP contribution in [-0.4, -0.2) is 41.9 Å². The van der Waals surface area contributed by atoms with Gasteiger partial charge >= 0.3 is 0 Å². The van der Waals surface area contributed by atoms with Gasteiger partial charge in [-0.3, -0.25) is 14.5 Å². The van der Waals surface area contributed by atoms with Crippen molar-refractivity contribution in [2.75, 3.05) is 18.4 Å². The summed E-state index contributed by atoms with van der Waals surface area (Å²) in [5, 5.41) is 6.00. The van der Waals surface area contributed by atoms with Crippen molar-refractivity contribution in [1.82, 2.24) is 10.2 Å². The number of nitrogens with one attached hydrogen (secondary N) is 2. The van der Waals surface area contributed by atoms with Crippen molar-refractivity contribution >= 4 is 17.5 Å². The Morgan fingerprint density at radius 3 is 2.86 bits per heavy atom. The van der Waals surface area contributed by atoms with Crippen molar-refractivity contribution in [3.63, 3.8) is 0 Å². The maximum atomic E-state index is 12.6. The fourth-order valence-electron chi connectivity index (χ4n) is 3.62. The van der Waals surface area contributed by atoms with Crippen LogP contribution in [0.2, 0.25) is 0 Å². The molecule has 1 saturated heterocycles. The number of anilines is 1. The Labute approximate surface area is 130 Å². The molecule has 2 atom stereocenters. The largest absolute Gasteiger partial charge is 0.351 e. The zero-order chi connectivity index (χ0) is 15.1. The highest BCUT2D eigenvalue weighted by molar-refractivity contribution is 6.01. The Kier molecular flexibility index (Phi) is 3.37. The number of hydrogen-bond acceptors (Lipinski definition) is 3. The van der Waals surface area contributed by atoms with E-state index >= 15 is 0 Å². The molecule has 2 N–H and O–H groups in total. The van der Waals surface area contributed by atoms with Crippen LogP contribution in [0.1, 0.15) is 37.2 Å². The lowest BCUT2D eigenvalue weighted by molar-refractivity contribution is -0.126. The molecule has 0 spiro atoms. The minimum absolute atomic E-state index is 0.00931. The van der Waals surface area contributed by atoms with Crippen molar-refractivity contribution in [2.24, 2.45) is 0 Å². The van der Waals surface area contributed by atoms with Crippen molar-refractivity contribution in [2.45, 2.75) is 43.7 Å². The minimum Gasteiger partial charge on any atom is -0.351 e. The monoisotopic (exact) mass is 299 g/mol. The van der Waals surface area contributed by atoms with Gasteiger partial charge in [0, 0.05) is 37.3 Å². The summed E-state index contributed by atoms with van der Waals surface area (Å²) < 4.78 is 0. The molecule has 116 valence electrons. The SMILES string of the molecule is O=C1CC(C(=O)NC2CCN(C3CC3)C2)c2ccccc2N1. The molecular formula is C17H21N3O2. The molecular weight excluding hydrogens is 278 g/mol. The van der Waals surface area contributed by atoms with Gasteiger partial charge in [0.25, 0.3) is 0 Å². The van der Waals surface area contributed by atoms with Gasteiger partial charge in [-0.2, -0.15) is 0 Å². The highest BCUT2D eigenvalue weighted by Crippen LogP contribution is 2.33. The lowest BCUT2D eigenvalue weighted by Crippen LogP contribution is -2.42. The van der Waals surface area contributed by atoms with Crippen molar-refractivity contribution in [3.05, 3.63) is 29.8 Å². The molecule has 2 fully saturated rings. The molecule has 4 rings (SSSR count). The summed E-state index contributed by atoms with van der Waals surface area (Å²) in [6.45, 7) is 2.04. The minimum atomic E-state index is -0.361. The van der Waals surface area contributed by atoms with Crippen LogP contribution in [0.3, 0.4) is 0 Å². The van der Waals surface area contributed by atoms with Gasteiger partial charge in [-0.05, 0) is 30.9 Å². The third-order valence-electron chi connectivity index (χ3n) is 4.95. The lowest BCUT2D eigenvalue weighted by atomic mass is 9.89. The van der Waals surface area contributed by atoms with Gasteiger partial charge < -0.3 is 10.6 Å². The first-order valence-corrected chi connectivity index (χ1v) is 8.14. The number of carbonyl (C=O) groups excluding carboxylic acids is 2. The van der Waals surface area contributed by atoms with Gasteiger partial charge in [-0.1, -0.05) is 18.2 Å². The van der Waals surface area contributed by atoms with E-state index in [4.69, 9.17) is 0 Å². The van der Waals surface area contributed by atoms with Crippen LogP contribution < -0.4 is 10.6 Å². The molecule has 5 nitrogen and oxygen atoms in total. The number of fused-ring (bicyclic) bond motifs is 1. The number of rotatable bonds is 3. The third kappa shape index (κ3) is 2.61. The molecule has 2 amide bonds. The van der Waals surface area contributed by atoms with Crippen molar-refractivity contribution in [1.29, 1.82) is 0 Å². The first-order chi connectivity index (χ1) is 10.7. The summed E-state index contributed by atoms with van der Waals surface area (Å²) in [4.78, 5) is 27.0. The fourth-order valence-corrected chi connectivity index (χ4v) is 3.62. The Bertz CT molecular complexity index is 612. The van der Waals surface area contributed by atoms with Gasteiger partial charge in [-0.25, -0.2) is 0 Å². The second kappa shape index (κ2) is 5.39. The molecule has 0 bridgehead atoms. The maximum absolute atomic E-state index is 12.6. The molecule has 1 aliphatic carbocycles. The van der Waals surface area contributed by atoms with E-state index in [1.54, 1.807) is 0 Å². The standard InChI is InChI=1S/C17H21N3O2/c21-16-9-14(13-3-1-2-4-15(13)19-16)17(22)18-11-7-8-20(10-11)12-5-6-12/h1-4,11-12,14H,5-10H2,(H,18,22)(H,19,21). The number of amides is 2. The van der Waals surface area contributed by atoms with E-state index in [0.717, 1.165) is 36.8 Å². The van der Waals surface area contributed by atoms with Gasteiger partial charge in [0.15, 0.2) is 0 Å². The summed E-state index contributed by atoms with van der Waals surface area (Å²) in [6, 6.07) is 8.57. The van der Waals surface area contributed by atoms with Crippen molar-refractivity contribution < 1.29 is 9.59 Å². The Morgan fingerprint density at radius 2 is 2.05 bits per heavy atom. The quantitative estimate of drug-likeness (QED) is 0.888. The molecule has 1 aromatic carbocycles. The lowest BCUT2D eigenvalue weighted by Gasteiger charge is -2.26. The van der Waals surface area contributed by atoms with Crippen LogP contribution in [-0.2, 0) is 9.59 Å². The molecule has 0 aromatic heterocycles. The van der Waals surface area contributed by atoms with Crippen LogP contribution in [0.5, 0.6) is 0 Å². The highest BCUT2D eigenvalue weighted by Gasteiger charge is 2.36. The van der Waals surface area contributed by atoms with Gasteiger partial charge in [0.1, 0.15) is 0 Å². The van der Waals surface area contributed by atoms with E-state index in [9.17, 15) is 9.59 Å². The highest BCUT2D eigenvalue weighted by atomic mass is 16.2. The van der Waals surface area contributed by atoms with Crippen LogP contribution in [0.15, 0.2) is 24.3 Å². The van der Waals surface area contributed by atoms with E-state index in [-0.39, 0.29) is 30.2 Å². The smallest absolute Gasteiger partial charge is 0.228 e. The van der Waals surface area contributed by atoms with E-state index in [2.05, 4.69) is 15.5 Å². The molecule has 22 heavy (non-hydrogen) atoms. The van der Waals surface area contributed by atoms with Crippen LogP contribution in [0.4, 0.5) is 5.69 Å². The Morgan fingerprint density at radius 1 is 1.23 bits per heavy atom. The second-order valence-corrected chi connectivity index (χ2v) is 6.61. The predicted octanol–water partition coefficient (Wildman–Crippen LogP) is 1.47. The molecule has 3 aliphatic rings. The molecule has 0 radical (unpaired) electrons. The first kappa shape index (κ1) is 13.8. The fraction of sp³-hybridized carbons (Fsp3) is 0.529. The van der Waals surface area contributed by atoms with E-state index < -0.39 is 0 Å². The summed E-state index contributed by atoms with van der Waals surface area (Å²) >= 11 is 0. The number of likely N-dealkylation sites (tertiary alicyclic amines) is 1. The van der Waals surface area contributed by atoms with Gasteiger partial charge in [-0.15, -0.1) is 0 Å². The first-order valence-electron chi connectivity index (χ1n) is 8.14. The number of carbonyl (C=O) groups is 2. The van der Waals surface area contributed by atoms with Crippen LogP contribution >= 0.6 is 0 Å². The second-order valence-electron chi connectivity index (χ2n) is 6.61. The molecule has 1 aromatic rings. The summed E-state index contributed by atoms with van der Waals surface area (Å²) in [5.74, 6) is -0.449. The van der Waals surface area contributed by atoms with E-state index in [1.165, 1.54) is 12.8 Å².